The highest BCUT2D eigenvalue weighted by atomic mass is 16.3. The summed E-state index contributed by atoms with van der Waals surface area (Å²) in [5.41, 5.74) is 6.66. The van der Waals surface area contributed by atoms with Crippen LogP contribution in [0, 0.1) is 0 Å². The van der Waals surface area contributed by atoms with Crippen LogP contribution >= 0.6 is 0 Å². The average Bonchev–Trinajstić information content (AvgIpc) is 2.30. The summed E-state index contributed by atoms with van der Waals surface area (Å²) < 4.78 is 0. The Labute approximate surface area is 95.5 Å². The topological polar surface area (TPSA) is 75.3 Å². The number of hydrogen-bond donors (Lipinski definition) is 3. The van der Waals surface area contributed by atoms with Crippen molar-refractivity contribution < 1.29 is 9.90 Å². The van der Waals surface area contributed by atoms with Gasteiger partial charge in [-0.1, -0.05) is 25.1 Å². The molecule has 0 aliphatic carbocycles. The normalized spacial score (nSPS) is 12.4. The minimum Gasteiger partial charge on any atom is -0.395 e. The molecule has 1 amide bonds. The van der Waals surface area contributed by atoms with Gasteiger partial charge in [0.15, 0.2) is 0 Å². The van der Waals surface area contributed by atoms with Crippen molar-refractivity contribution in [3.05, 3.63) is 35.4 Å². The van der Waals surface area contributed by atoms with Crippen molar-refractivity contribution in [2.45, 2.75) is 25.9 Å². The summed E-state index contributed by atoms with van der Waals surface area (Å²) in [4.78, 5) is 11.2. The Balaban J connectivity index is 2.69. The second-order valence-electron chi connectivity index (χ2n) is 3.69. The van der Waals surface area contributed by atoms with Crippen LogP contribution in [-0.2, 0) is 6.54 Å². The van der Waals surface area contributed by atoms with Gasteiger partial charge >= 0.3 is 0 Å². The molecule has 0 fully saturated rings. The highest BCUT2D eigenvalue weighted by molar-refractivity contribution is 5.94. The first kappa shape index (κ1) is 12.7. The van der Waals surface area contributed by atoms with Crippen LogP contribution in [0.1, 0.15) is 29.3 Å². The molecule has 0 aliphatic heterocycles. The third-order valence-electron chi connectivity index (χ3n) is 2.58. The molecule has 1 unspecified atom stereocenters. The number of nitrogens with two attached hydrogens (primary N) is 1. The predicted molar refractivity (Wildman–Crippen MR) is 63.0 cm³/mol. The molecule has 0 aromatic heterocycles. The van der Waals surface area contributed by atoms with E-state index in [0.717, 1.165) is 12.0 Å². The summed E-state index contributed by atoms with van der Waals surface area (Å²) in [5, 5.41) is 12.2. The van der Waals surface area contributed by atoms with Gasteiger partial charge in [0.2, 0.25) is 5.91 Å². The highest BCUT2D eigenvalue weighted by Crippen LogP contribution is 2.08. The van der Waals surface area contributed by atoms with Crippen molar-refractivity contribution in [2.24, 2.45) is 5.73 Å². The van der Waals surface area contributed by atoms with Crippen molar-refractivity contribution in [3.63, 3.8) is 0 Å². The summed E-state index contributed by atoms with van der Waals surface area (Å²) in [5.74, 6) is -0.422. The van der Waals surface area contributed by atoms with E-state index in [2.05, 4.69) is 5.32 Å². The molecule has 4 heteroatoms. The number of benzene rings is 1. The first-order chi connectivity index (χ1) is 7.69. The molecule has 4 nitrogen and oxygen atoms in total. The van der Waals surface area contributed by atoms with Crippen molar-refractivity contribution in [3.8, 4) is 0 Å². The fourth-order valence-corrected chi connectivity index (χ4v) is 1.51. The molecular weight excluding hydrogens is 204 g/mol. The maximum atomic E-state index is 11.2. The van der Waals surface area contributed by atoms with E-state index in [9.17, 15) is 4.79 Å². The number of carbonyl (C=O) groups is 1. The number of aliphatic hydroxyl groups excluding tert-OH is 1. The minimum atomic E-state index is -0.422. The molecule has 0 radical (unpaired) electrons. The van der Waals surface area contributed by atoms with Gasteiger partial charge in [0, 0.05) is 18.2 Å². The van der Waals surface area contributed by atoms with Gasteiger partial charge in [0.05, 0.1) is 6.61 Å². The van der Waals surface area contributed by atoms with Gasteiger partial charge < -0.3 is 16.2 Å². The fourth-order valence-electron chi connectivity index (χ4n) is 1.51. The van der Waals surface area contributed by atoms with Crippen LogP contribution in [0.4, 0.5) is 0 Å². The number of carbonyl (C=O) groups excluding carboxylic acids is 1. The number of amides is 1. The third kappa shape index (κ3) is 3.32. The van der Waals surface area contributed by atoms with Crippen LogP contribution in [0.2, 0.25) is 0 Å². The summed E-state index contributed by atoms with van der Waals surface area (Å²) in [7, 11) is 0. The third-order valence-corrected chi connectivity index (χ3v) is 2.58. The van der Waals surface area contributed by atoms with E-state index in [-0.39, 0.29) is 12.6 Å². The van der Waals surface area contributed by atoms with E-state index in [4.69, 9.17) is 10.8 Å². The number of rotatable bonds is 6. The van der Waals surface area contributed by atoms with Gasteiger partial charge in [-0.2, -0.15) is 0 Å². The molecule has 0 spiro atoms. The molecule has 1 aromatic carbocycles. The molecule has 1 aromatic rings. The standard InChI is InChI=1S/C12H18N2O2/c1-2-10(8-15)14-7-9-5-3-4-6-11(9)12(13)16/h3-6,10,14-15H,2,7-8H2,1H3,(H2,13,16). The van der Waals surface area contributed by atoms with Crippen LogP contribution in [0.25, 0.3) is 0 Å². The molecule has 1 rings (SSSR count). The van der Waals surface area contributed by atoms with Crippen molar-refractivity contribution >= 4 is 5.91 Å². The lowest BCUT2D eigenvalue weighted by Crippen LogP contribution is -2.32. The van der Waals surface area contributed by atoms with E-state index in [1.807, 2.05) is 19.1 Å². The van der Waals surface area contributed by atoms with Crippen molar-refractivity contribution in [1.82, 2.24) is 5.32 Å². The second-order valence-corrected chi connectivity index (χ2v) is 3.69. The Kier molecular flexibility index (Phi) is 4.95. The maximum absolute atomic E-state index is 11.2. The molecule has 0 bridgehead atoms. The van der Waals surface area contributed by atoms with Gasteiger partial charge in [-0.3, -0.25) is 4.79 Å². The molecule has 0 aliphatic rings. The summed E-state index contributed by atoms with van der Waals surface area (Å²) in [6.07, 6.45) is 0.842. The summed E-state index contributed by atoms with van der Waals surface area (Å²) in [6, 6.07) is 7.27. The van der Waals surface area contributed by atoms with Crippen molar-refractivity contribution in [1.29, 1.82) is 0 Å². The zero-order valence-corrected chi connectivity index (χ0v) is 9.44. The van der Waals surface area contributed by atoms with Crippen LogP contribution < -0.4 is 11.1 Å². The monoisotopic (exact) mass is 222 g/mol. The van der Waals surface area contributed by atoms with Crippen LogP contribution in [0.5, 0.6) is 0 Å². The molecule has 0 heterocycles. The van der Waals surface area contributed by atoms with Crippen LogP contribution in [0.3, 0.4) is 0 Å². The van der Waals surface area contributed by atoms with Gasteiger partial charge in [0.25, 0.3) is 0 Å². The SMILES string of the molecule is CCC(CO)NCc1ccccc1C(N)=O. The molecule has 16 heavy (non-hydrogen) atoms. The summed E-state index contributed by atoms with van der Waals surface area (Å²) >= 11 is 0. The summed E-state index contributed by atoms with van der Waals surface area (Å²) in [6.45, 7) is 2.63. The van der Waals surface area contributed by atoms with Crippen LogP contribution in [0.15, 0.2) is 24.3 Å². The Hall–Kier alpha value is -1.39. The lowest BCUT2D eigenvalue weighted by atomic mass is 10.1. The highest BCUT2D eigenvalue weighted by Gasteiger charge is 2.08. The Morgan fingerprint density at radius 1 is 1.50 bits per heavy atom. The van der Waals surface area contributed by atoms with Gasteiger partial charge in [-0.25, -0.2) is 0 Å². The predicted octanol–water partition coefficient (Wildman–Crippen LogP) is 0.646. The molecule has 0 saturated heterocycles. The quantitative estimate of drug-likeness (QED) is 0.661. The zero-order chi connectivity index (χ0) is 12.0. The van der Waals surface area contributed by atoms with E-state index in [1.54, 1.807) is 12.1 Å². The largest absolute Gasteiger partial charge is 0.395 e. The number of nitrogens with one attached hydrogen (secondary N) is 1. The minimum absolute atomic E-state index is 0.0564. The maximum Gasteiger partial charge on any atom is 0.249 e. The smallest absolute Gasteiger partial charge is 0.249 e. The van der Waals surface area contributed by atoms with E-state index >= 15 is 0 Å². The number of aliphatic hydroxyl groups is 1. The van der Waals surface area contributed by atoms with Gasteiger partial charge in [-0.15, -0.1) is 0 Å². The Morgan fingerprint density at radius 2 is 2.19 bits per heavy atom. The molecule has 0 saturated carbocycles. The first-order valence-corrected chi connectivity index (χ1v) is 5.41. The second kappa shape index (κ2) is 6.25. The van der Waals surface area contributed by atoms with E-state index in [0.29, 0.717) is 12.1 Å². The molecule has 4 N–H and O–H groups in total. The number of hydrogen-bond acceptors (Lipinski definition) is 3. The van der Waals surface area contributed by atoms with Gasteiger partial charge in [-0.05, 0) is 18.1 Å². The fraction of sp³-hybridized carbons (Fsp3) is 0.417. The number of primary amides is 1. The van der Waals surface area contributed by atoms with Crippen molar-refractivity contribution in [2.75, 3.05) is 6.61 Å². The molecule has 1 atom stereocenters. The average molecular weight is 222 g/mol. The van der Waals surface area contributed by atoms with E-state index in [1.165, 1.54) is 0 Å². The Bertz CT molecular complexity index is 349. The van der Waals surface area contributed by atoms with Gasteiger partial charge in [0.1, 0.15) is 0 Å². The Morgan fingerprint density at radius 3 is 2.75 bits per heavy atom. The molecular formula is C12H18N2O2. The lowest BCUT2D eigenvalue weighted by Gasteiger charge is -2.15. The first-order valence-electron chi connectivity index (χ1n) is 5.41. The van der Waals surface area contributed by atoms with E-state index < -0.39 is 5.91 Å². The molecule has 88 valence electrons. The lowest BCUT2D eigenvalue weighted by molar-refractivity contribution is 0.0999. The zero-order valence-electron chi connectivity index (χ0n) is 9.44. The van der Waals surface area contributed by atoms with Crippen LogP contribution in [-0.4, -0.2) is 23.7 Å².